The van der Waals surface area contributed by atoms with Gasteiger partial charge >= 0.3 is 0 Å². The van der Waals surface area contributed by atoms with Crippen molar-refractivity contribution in [3.05, 3.63) is 47.4 Å². The maximum atomic E-state index is 14.6. The first kappa shape index (κ1) is 21.9. The van der Waals surface area contributed by atoms with Gasteiger partial charge in [0, 0.05) is 5.56 Å². The van der Waals surface area contributed by atoms with Crippen LogP contribution in [0.5, 0.6) is 0 Å². The van der Waals surface area contributed by atoms with E-state index >= 15 is 0 Å². The van der Waals surface area contributed by atoms with Crippen molar-refractivity contribution in [3.8, 4) is 11.3 Å². The van der Waals surface area contributed by atoms with Crippen LogP contribution in [-0.2, 0) is 12.8 Å². The Morgan fingerprint density at radius 1 is 0.897 bits per heavy atom. The summed E-state index contributed by atoms with van der Waals surface area (Å²) in [4.78, 5) is 0. The van der Waals surface area contributed by atoms with E-state index in [4.69, 9.17) is 0 Å². The quantitative estimate of drug-likeness (QED) is 0.387. The molecule has 0 atom stereocenters. The topological polar surface area (TPSA) is 25.8 Å². The molecule has 0 amide bonds. The molecule has 1 aromatic carbocycles. The number of unbranched alkanes of at least 4 members (excludes halogenated alkanes) is 4. The maximum absolute atomic E-state index is 14.6. The standard InChI is InChI=1S/C26H37FN2/c1-3-4-5-6-7-8-22-14-17-24(25(27)19-22)26-18-16-23(28-29-26)15-13-21-11-9-20(2)10-12-21/h14,16-21H,3-13,15H2,1-2H3. The van der Waals surface area contributed by atoms with Crippen molar-refractivity contribution in [2.75, 3.05) is 0 Å². The number of hydrogen-bond donors (Lipinski definition) is 0. The average molecular weight is 397 g/mol. The Bertz CT molecular complexity index is 733. The second-order valence-electron chi connectivity index (χ2n) is 9.05. The molecule has 3 rings (SSSR count). The number of hydrogen-bond acceptors (Lipinski definition) is 2. The smallest absolute Gasteiger partial charge is 0.132 e. The fourth-order valence-corrected chi connectivity index (χ4v) is 4.46. The van der Waals surface area contributed by atoms with Gasteiger partial charge in [-0.2, -0.15) is 10.2 Å². The van der Waals surface area contributed by atoms with Crippen LogP contribution in [0.2, 0.25) is 0 Å². The van der Waals surface area contributed by atoms with Crippen LogP contribution < -0.4 is 0 Å². The Balaban J connectivity index is 1.51. The summed E-state index contributed by atoms with van der Waals surface area (Å²) < 4.78 is 14.6. The number of benzene rings is 1. The number of nitrogens with zero attached hydrogens (tertiary/aromatic N) is 2. The molecular weight excluding hydrogens is 359 g/mol. The highest BCUT2D eigenvalue weighted by Gasteiger charge is 2.18. The third-order valence-corrected chi connectivity index (χ3v) is 6.54. The summed E-state index contributed by atoms with van der Waals surface area (Å²) in [5.74, 6) is 1.54. The summed E-state index contributed by atoms with van der Waals surface area (Å²) in [6.07, 6.45) is 14.7. The van der Waals surface area contributed by atoms with Gasteiger partial charge in [-0.15, -0.1) is 0 Å². The maximum Gasteiger partial charge on any atom is 0.132 e. The summed E-state index contributed by atoms with van der Waals surface area (Å²) in [6, 6.07) is 9.53. The van der Waals surface area contributed by atoms with Gasteiger partial charge in [0.1, 0.15) is 5.82 Å². The first-order chi connectivity index (χ1) is 14.2. The van der Waals surface area contributed by atoms with E-state index < -0.39 is 0 Å². The molecule has 1 aliphatic carbocycles. The third-order valence-electron chi connectivity index (χ3n) is 6.54. The van der Waals surface area contributed by atoms with E-state index in [9.17, 15) is 4.39 Å². The van der Waals surface area contributed by atoms with E-state index in [1.807, 2.05) is 24.3 Å². The molecule has 0 bridgehead atoms. The highest BCUT2D eigenvalue weighted by molar-refractivity contribution is 5.59. The van der Waals surface area contributed by atoms with Crippen LogP contribution in [0, 0.1) is 17.7 Å². The predicted molar refractivity (Wildman–Crippen MR) is 119 cm³/mol. The third kappa shape index (κ3) is 6.90. The molecule has 29 heavy (non-hydrogen) atoms. The lowest BCUT2D eigenvalue weighted by Gasteiger charge is -2.25. The minimum atomic E-state index is -0.186. The Hall–Kier alpha value is -1.77. The first-order valence-corrected chi connectivity index (χ1v) is 11.8. The van der Waals surface area contributed by atoms with Gasteiger partial charge in [0.25, 0.3) is 0 Å². The molecule has 2 nitrogen and oxygen atoms in total. The van der Waals surface area contributed by atoms with Gasteiger partial charge in [-0.05, 0) is 67.3 Å². The fraction of sp³-hybridized carbons (Fsp3) is 0.615. The van der Waals surface area contributed by atoms with Crippen molar-refractivity contribution in [2.24, 2.45) is 11.8 Å². The number of aromatic nitrogens is 2. The zero-order valence-electron chi connectivity index (χ0n) is 18.3. The highest BCUT2D eigenvalue weighted by atomic mass is 19.1. The molecule has 0 radical (unpaired) electrons. The van der Waals surface area contributed by atoms with Gasteiger partial charge in [-0.3, -0.25) is 0 Å². The molecule has 158 valence electrons. The Labute approximate surface area is 176 Å². The highest BCUT2D eigenvalue weighted by Crippen LogP contribution is 2.31. The zero-order valence-corrected chi connectivity index (χ0v) is 18.3. The molecule has 1 aromatic heterocycles. The van der Waals surface area contributed by atoms with Gasteiger partial charge in [0.2, 0.25) is 0 Å². The van der Waals surface area contributed by atoms with Crippen LogP contribution in [0.25, 0.3) is 11.3 Å². The van der Waals surface area contributed by atoms with Crippen molar-refractivity contribution in [1.29, 1.82) is 0 Å². The minimum absolute atomic E-state index is 0.186. The lowest BCUT2D eigenvalue weighted by Crippen LogP contribution is -2.13. The molecule has 1 saturated carbocycles. The zero-order chi connectivity index (χ0) is 20.5. The molecule has 0 aliphatic heterocycles. The molecule has 1 aliphatic rings. The second kappa shape index (κ2) is 11.4. The van der Waals surface area contributed by atoms with E-state index in [2.05, 4.69) is 24.0 Å². The molecule has 0 spiro atoms. The monoisotopic (exact) mass is 396 g/mol. The number of halogens is 1. The van der Waals surface area contributed by atoms with Crippen LogP contribution in [0.4, 0.5) is 4.39 Å². The summed E-state index contributed by atoms with van der Waals surface area (Å²) in [6.45, 7) is 4.58. The Morgan fingerprint density at radius 2 is 1.69 bits per heavy atom. The molecule has 0 N–H and O–H groups in total. The Kier molecular flexibility index (Phi) is 8.64. The molecule has 0 saturated heterocycles. The molecular formula is C26H37FN2. The SMILES string of the molecule is CCCCCCCc1ccc(-c2ccc(CCC3CCC(C)CC3)nn2)c(F)c1. The van der Waals surface area contributed by atoms with E-state index in [1.54, 1.807) is 6.07 Å². The van der Waals surface area contributed by atoms with Gasteiger partial charge < -0.3 is 0 Å². The van der Waals surface area contributed by atoms with Gasteiger partial charge in [-0.25, -0.2) is 4.39 Å². The van der Waals surface area contributed by atoms with Gasteiger partial charge in [0.15, 0.2) is 0 Å². The Morgan fingerprint density at radius 3 is 2.38 bits per heavy atom. The summed E-state index contributed by atoms with van der Waals surface area (Å²) in [5, 5.41) is 8.70. The number of aryl methyl sites for hydroxylation is 2. The molecule has 1 fully saturated rings. The van der Waals surface area contributed by atoms with Crippen molar-refractivity contribution in [2.45, 2.75) is 90.9 Å². The second-order valence-corrected chi connectivity index (χ2v) is 9.05. The van der Waals surface area contributed by atoms with E-state index in [-0.39, 0.29) is 5.82 Å². The minimum Gasteiger partial charge on any atom is -0.206 e. The fourth-order valence-electron chi connectivity index (χ4n) is 4.46. The normalized spacial score (nSPS) is 19.4. The lowest BCUT2D eigenvalue weighted by atomic mass is 9.81. The molecule has 2 aromatic rings. The van der Waals surface area contributed by atoms with Gasteiger partial charge in [-0.1, -0.05) is 71.3 Å². The molecule has 1 heterocycles. The van der Waals surface area contributed by atoms with Crippen LogP contribution in [-0.4, -0.2) is 10.2 Å². The summed E-state index contributed by atoms with van der Waals surface area (Å²) >= 11 is 0. The average Bonchev–Trinajstić information content (AvgIpc) is 2.74. The lowest BCUT2D eigenvalue weighted by molar-refractivity contribution is 0.277. The van der Waals surface area contributed by atoms with E-state index in [0.29, 0.717) is 11.3 Å². The molecule has 3 heteroatoms. The van der Waals surface area contributed by atoms with Crippen LogP contribution >= 0.6 is 0 Å². The van der Waals surface area contributed by atoms with Gasteiger partial charge in [0.05, 0.1) is 11.4 Å². The van der Waals surface area contributed by atoms with Crippen LogP contribution in [0.1, 0.15) is 89.3 Å². The largest absolute Gasteiger partial charge is 0.206 e. The van der Waals surface area contributed by atoms with Crippen LogP contribution in [0.15, 0.2) is 30.3 Å². The summed E-state index contributed by atoms with van der Waals surface area (Å²) in [7, 11) is 0. The van der Waals surface area contributed by atoms with Crippen molar-refractivity contribution in [1.82, 2.24) is 10.2 Å². The van der Waals surface area contributed by atoms with Crippen molar-refractivity contribution >= 4 is 0 Å². The van der Waals surface area contributed by atoms with Crippen molar-refractivity contribution in [3.63, 3.8) is 0 Å². The molecule has 0 unspecified atom stereocenters. The number of rotatable bonds is 10. The predicted octanol–water partition coefficient (Wildman–Crippen LogP) is 7.55. The van der Waals surface area contributed by atoms with E-state index in [0.717, 1.165) is 42.4 Å². The van der Waals surface area contributed by atoms with Crippen molar-refractivity contribution < 1.29 is 4.39 Å². The first-order valence-electron chi connectivity index (χ1n) is 11.8. The summed E-state index contributed by atoms with van der Waals surface area (Å²) in [5.41, 5.74) is 3.29. The van der Waals surface area contributed by atoms with Crippen LogP contribution in [0.3, 0.4) is 0 Å². The van der Waals surface area contributed by atoms with E-state index in [1.165, 1.54) is 57.8 Å².